The van der Waals surface area contributed by atoms with E-state index in [1.165, 1.54) is 0 Å². The summed E-state index contributed by atoms with van der Waals surface area (Å²) >= 11 is 6.07. The van der Waals surface area contributed by atoms with Gasteiger partial charge in [-0.3, -0.25) is 9.59 Å². The van der Waals surface area contributed by atoms with E-state index in [0.717, 1.165) is 23.1 Å². The molecule has 3 aromatic carbocycles. The highest BCUT2D eigenvalue weighted by atomic mass is 35.5. The SMILES string of the molecule is CC[C@H](C)NC(=O)[C@@H](Cc1ccccc1)N(Cc1ccc(Cl)cc1)C(=O)COc1ccc(C)cc1. The second-order valence-corrected chi connectivity index (χ2v) is 9.21. The van der Waals surface area contributed by atoms with Gasteiger partial charge in [0.15, 0.2) is 6.61 Å². The smallest absolute Gasteiger partial charge is 0.261 e. The lowest BCUT2D eigenvalue weighted by Crippen LogP contribution is -2.53. The Labute approximate surface area is 213 Å². The van der Waals surface area contributed by atoms with Gasteiger partial charge in [0.1, 0.15) is 11.8 Å². The van der Waals surface area contributed by atoms with E-state index >= 15 is 0 Å². The van der Waals surface area contributed by atoms with Crippen LogP contribution in [0.15, 0.2) is 78.9 Å². The van der Waals surface area contributed by atoms with Crippen LogP contribution in [0, 0.1) is 6.92 Å². The Morgan fingerprint density at radius 3 is 2.23 bits per heavy atom. The highest BCUT2D eigenvalue weighted by molar-refractivity contribution is 6.30. The number of hydrogen-bond donors (Lipinski definition) is 1. The van der Waals surface area contributed by atoms with Gasteiger partial charge < -0.3 is 15.0 Å². The van der Waals surface area contributed by atoms with E-state index in [9.17, 15) is 9.59 Å². The molecule has 0 saturated heterocycles. The fraction of sp³-hybridized carbons (Fsp3) is 0.310. The first kappa shape index (κ1) is 26.3. The van der Waals surface area contributed by atoms with Crippen molar-refractivity contribution >= 4 is 23.4 Å². The van der Waals surface area contributed by atoms with Crippen molar-refractivity contribution in [2.45, 2.75) is 52.2 Å². The maximum atomic E-state index is 13.5. The molecular formula is C29H33ClN2O3. The summed E-state index contributed by atoms with van der Waals surface area (Å²) in [4.78, 5) is 28.6. The quantitative estimate of drug-likeness (QED) is 0.380. The molecule has 0 heterocycles. The average molecular weight is 493 g/mol. The van der Waals surface area contributed by atoms with Crippen LogP contribution in [0.1, 0.15) is 37.0 Å². The molecular weight excluding hydrogens is 460 g/mol. The number of benzene rings is 3. The first-order valence-corrected chi connectivity index (χ1v) is 12.3. The van der Waals surface area contributed by atoms with E-state index in [-0.39, 0.29) is 31.0 Å². The molecule has 0 fully saturated rings. The van der Waals surface area contributed by atoms with Gasteiger partial charge in [-0.05, 0) is 55.7 Å². The molecule has 0 aromatic heterocycles. The van der Waals surface area contributed by atoms with Crippen LogP contribution >= 0.6 is 11.6 Å². The minimum atomic E-state index is -0.698. The molecule has 3 rings (SSSR count). The van der Waals surface area contributed by atoms with Gasteiger partial charge in [0, 0.05) is 24.0 Å². The first-order valence-electron chi connectivity index (χ1n) is 11.9. The second kappa shape index (κ2) is 13.0. The van der Waals surface area contributed by atoms with Crippen molar-refractivity contribution in [1.29, 1.82) is 0 Å². The number of rotatable bonds is 11. The summed E-state index contributed by atoms with van der Waals surface area (Å²) in [6, 6.07) is 23.9. The van der Waals surface area contributed by atoms with Crippen LogP contribution in [-0.4, -0.2) is 35.4 Å². The molecule has 2 atom stereocenters. The third-order valence-corrected chi connectivity index (χ3v) is 6.17. The largest absolute Gasteiger partial charge is 0.484 e. The van der Waals surface area contributed by atoms with Crippen LogP contribution in [0.5, 0.6) is 5.75 Å². The van der Waals surface area contributed by atoms with Gasteiger partial charge in [-0.1, -0.05) is 78.7 Å². The molecule has 0 aliphatic heterocycles. The van der Waals surface area contributed by atoms with Crippen LogP contribution in [0.3, 0.4) is 0 Å². The number of carbonyl (C=O) groups is 2. The Kier molecular flexibility index (Phi) is 9.74. The molecule has 2 amide bonds. The maximum absolute atomic E-state index is 13.5. The number of aryl methyl sites for hydroxylation is 1. The topological polar surface area (TPSA) is 58.6 Å². The first-order chi connectivity index (χ1) is 16.9. The number of halogens is 1. The van der Waals surface area contributed by atoms with Crippen LogP contribution in [0.4, 0.5) is 0 Å². The Morgan fingerprint density at radius 1 is 0.943 bits per heavy atom. The van der Waals surface area contributed by atoms with E-state index in [4.69, 9.17) is 16.3 Å². The molecule has 0 spiro atoms. The molecule has 6 heteroatoms. The lowest BCUT2D eigenvalue weighted by molar-refractivity contribution is -0.143. The molecule has 0 aliphatic rings. The summed E-state index contributed by atoms with van der Waals surface area (Å²) in [5.41, 5.74) is 2.97. The minimum absolute atomic E-state index is 0.00272. The van der Waals surface area contributed by atoms with Gasteiger partial charge >= 0.3 is 0 Å². The van der Waals surface area contributed by atoms with E-state index in [1.54, 1.807) is 17.0 Å². The Hall–Kier alpha value is -3.31. The van der Waals surface area contributed by atoms with Crippen LogP contribution in [-0.2, 0) is 22.6 Å². The van der Waals surface area contributed by atoms with Crippen molar-refractivity contribution in [2.24, 2.45) is 0 Å². The third-order valence-electron chi connectivity index (χ3n) is 5.92. The molecule has 3 aromatic rings. The number of ether oxygens (including phenoxy) is 1. The molecule has 184 valence electrons. The fourth-order valence-corrected chi connectivity index (χ4v) is 3.77. The highest BCUT2D eigenvalue weighted by Gasteiger charge is 2.31. The number of carbonyl (C=O) groups excluding carboxylic acids is 2. The molecule has 0 aliphatic carbocycles. The van der Waals surface area contributed by atoms with Gasteiger partial charge in [0.05, 0.1) is 0 Å². The van der Waals surface area contributed by atoms with E-state index < -0.39 is 6.04 Å². The number of nitrogens with one attached hydrogen (secondary N) is 1. The number of amides is 2. The second-order valence-electron chi connectivity index (χ2n) is 8.77. The predicted octanol–water partition coefficient (Wildman–Crippen LogP) is 5.58. The Balaban J connectivity index is 1.89. The summed E-state index contributed by atoms with van der Waals surface area (Å²) in [7, 11) is 0. The molecule has 35 heavy (non-hydrogen) atoms. The van der Waals surface area contributed by atoms with Crippen LogP contribution in [0.25, 0.3) is 0 Å². The minimum Gasteiger partial charge on any atom is -0.484 e. The van der Waals surface area contributed by atoms with E-state index in [0.29, 0.717) is 17.2 Å². The normalized spacial score (nSPS) is 12.5. The van der Waals surface area contributed by atoms with Crippen molar-refractivity contribution in [1.82, 2.24) is 10.2 Å². The van der Waals surface area contributed by atoms with Gasteiger partial charge in [0.2, 0.25) is 5.91 Å². The molecule has 0 saturated carbocycles. The molecule has 0 unspecified atom stereocenters. The zero-order valence-corrected chi connectivity index (χ0v) is 21.3. The zero-order chi connectivity index (χ0) is 25.2. The molecule has 1 N–H and O–H groups in total. The lowest BCUT2D eigenvalue weighted by atomic mass is 10.0. The number of hydrogen-bond acceptors (Lipinski definition) is 3. The maximum Gasteiger partial charge on any atom is 0.261 e. The van der Waals surface area contributed by atoms with E-state index in [2.05, 4.69) is 5.32 Å². The van der Waals surface area contributed by atoms with Crippen molar-refractivity contribution < 1.29 is 14.3 Å². The van der Waals surface area contributed by atoms with Gasteiger partial charge in [-0.25, -0.2) is 0 Å². The lowest BCUT2D eigenvalue weighted by Gasteiger charge is -2.32. The monoisotopic (exact) mass is 492 g/mol. The third kappa shape index (κ3) is 8.15. The average Bonchev–Trinajstić information content (AvgIpc) is 2.87. The van der Waals surface area contributed by atoms with Crippen LogP contribution in [0.2, 0.25) is 5.02 Å². The van der Waals surface area contributed by atoms with Crippen molar-refractivity contribution in [3.05, 3.63) is 101 Å². The molecule has 5 nitrogen and oxygen atoms in total. The molecule has 0 bridgehead atoms. The summed E-state index contributed by atoms with van der Waals surface area (Å²) < 4.78 is 5.80. The zero-order valence-electron chi connectivity index (χ0n) is 20.5. The fourth-order valence-electron chi connectivity index (χ4n) is 3.64. The van der Waals surface area contributed by atoms with Crippen LogP contribution < -0.4 is 10.1 Å². The summed E-state index contributed by atoms with van der Waals surface area (Å²) in [5.74, 6) is 0.167. The van der Waals surface area contributed by atoms with E-state index in [1.807, 2.05) is 87.5 Å². The Morgan fingerprint density at radius 2 is 1.60 bits per heavy atom. The van der Waals surface area contributed by atoms with Gasteiger partial charge in [0.25, 0.3) is 5.91 Å². The summed E-state index contributed by atoms with van der Waals surface area (Å²) in [6.07, 6.45) is 1.19. The van der Waals surface area contributed by atoms with Crippen molar-refractivity contribution in [2.75, 3.05) is 6.61 Å². The predicted molar refractivity (Wildman–Crippen MR) is 141 cm³/mol. The van der Waals surface area contributed by atoms with Gasteiger partial charge in [-0.15, -0.1) is 0 Å². The van der Waals surface area contributed by atoms with Gasteiger partial charge in [-0.2, -0.15) is 0 Å². The highest BCUT2D eigenvalue weighted by Crippen LogP contribution is 2.18. The molecule has 0 radical (unpaired) electrons. The Bertz CT molecular complexity index is 1090. The van der Waals surface area contributed by atoms with Crippen molar-refractivity contribution in [3.8, 4) is 5.75 Å². The van der Waals surface area contributed by atoms with Crippen molar-refractivity contribution in [3.63, 3.8) is 0 Å². The standard InChI is InChI=1S/C29H33ClN2O3/c1-4-22(3)31-29(34)27(18-23-8-6-5-7-9-23)32(19-24-12-14-25(30)15-13-24)28(33)20-35-26-16-10-21(2)11-17-26/h5-17,22,27H,4,18-20H2,1-3H3,(H,31,34)/t22-,27+/m0/s1. The summed E-state index contributed by atoms with van der Waals surface area (Å²) in [6.45, 7) is 6.07. The summed E-state index contributed by atoms with van der Waals surface area (Å²) in [5, 5.41) is 3.68. The number of nitrogens with zero attached hydrogens (tertiary/aromatic N) is 1.